The van der Waals surface area contributed by atoms with Gasteiger partial charge in [-0.3, -0.25) is 4.79 Å². The quantitative estimate of drug-likeness (QED) is 0.457. The van der Waals surface area contributed by atoms with Crippen LogP contribution in [0.2, 0.25) is 0 Å². The minimum absolute atomic E-state index is 0.203. The van der Waals surface area contributed by atoms with Gasteiger partial charge >= 0.3 is 0 Å². The molecule has 136 valence electrons. The van der Waals surface area contributed by atoms with E-state index in [1.165, 1.54) is 31.7 Å². The molecule has 0 saturated heterocycles. The average Bonchev–Trinajstić information content (AvgIpc) is 3.06. The molecular weight excluding hydrogens is 333 g/mol. The molecule has 0 spiro atoms. The van der Waals surface area contributed by atoms with Crippen LogP contribution in [0, 0.1) is 5.82 Å². The van der Waals surface area contributed by atoms with Crippen LogP contribution in [0.5, 0.6) is 0 Å². The van der Waals surface area contributed by atoms with Gasteiger partial charge in [0.15, 0.2) is 0 Å². The zero-order valence-electron chi connectivity index (χ0n) is 15.3. The highest BCUT2D eigenvalue weighted by Gasteiger charge is 2.11. The van der Waals surface area contributed by atoms with E-state index >= 15 is 0 Å². The average molecular weight is 362 g/mol. The number of nitrogens with zero attached hydrogens (tertiary/aromatic N) is 1. The van der Waals surface area contributed by atoms with Gasteiger partial charge in [0.05, 0.1) is 0 Å². The molecule has 1 aromatic carbocycles. The Morgan fingerprint density at radius 1 is 1.12 bits per heavy atom. The SMILES string of the molecule is CCCCCCCCC(=O)N(C)Cc1csc(-c2cccc(F)c2)c1. The van der Waals surface area contributed by atoms with Crippen molar-refractivity contribution >= 4 is 17.2 Å². The molecule has 0 N–H and O–H groups in total. The normalized spacial score (nSPS) is 10.8. The molecule has 25 heavy (non-hydrogen) atoms. The highest BCUT2D eigenvalue weighted by molar-refractivity contribution is 7.13. The molecule has 4 heteroatoms. The van der Waals surface area contributed by atoms with Crippen LogP contribution in [0.25, 0.3) is 10.4 Å². The van der Waals surface area contributed by atoms with Crippen LogP contribution >= 0.6 is 11.3 Å². The predicted molar refractivity (Wildman–Crippen MR) is 104 cm³/mol. The largest absolute Gasteiger partial charge is 0.341 e. The Morgan fingerprint density at radius 2 is 1.88 bits per heavy atom. The summed E-state index contributed by atoms with van der Waals surface area (Å²) in [5.41, 5.74) is 1.99. The van der Waals surface area contributed by atoms with Crippen LogP contribution in [-0.4, -0.2) is 17.9 Å². The van der Waals surface area contributed by atoms with E-state index in [0.29, 0.717) is 13.0 Å². The van der Waals surface area contributed by atoms with E-state index in [9.17, 15) is 9.18 Å². The highest BCUT2D eigenvalue weighted by atomic mass is 32.1. The summed E-state index contributed by atoms with van der Waals surface area (Å²) >= 11 is 1.59. The maximum atomic E-state index is 13.3. The Balaban J connectivity index is 1.78. The number of rotatable bonds is 10. The van der Waals surface area contributed by atoms with Crippen LogP contribution in [-0.2, 0) is 11.3 Å². The summed E-state index contributed by atoms with van der Waals surface area (Å²) in [6.45, 7) is 2.82. The van der Waals surface area contributed by atoms with Gasteiger partial charge in [-0.2, -0.15) is 0 Å². The monoisotopic (exact) mass is 361 g/mol. The molecule has 0 aliphatic rings. The van der Waals surface area contributed by atoms with Crippen molar-refractivity contribution in [2.24, 2.45) is 0 Å². The second-order valence-corrected chi connectivity index (χ2v) is 7.51. The maximum absolute atomic E-state index is 13.3. The number of amides is 1. The van der Waals surface area contributed by atoms with Crippen molar-refractivity contribution in [1.29, 1.82) is 0 Å². The molecule has 1 heterocycles. The number of carbonyl (C=O) groups is 1. The Morgan fingerprint density at radius 3 is 2.64 bits per heavy atom. The number of hydrogen-bond acceptors (Lipinski definition) is 2. The summed E-state index contributed by atoms with van der Waals surface area (Å²) in [5, 5.41) is 2.05. The zero-order chi connectivity index (χ0) is 18.1. The third kappa shape index (κ3) is 6.62. The first kappa shape index (κ1) is 19.6. The number of halogens is 1. The van der Waals surface area contributed by atoms with Crippen molar-refractivity contribution in [1.82, 2.24) is 4.90 Å². The third-order valence-corrected chi connectivity index (χ3v) is 5.38. The molecule has 0 atom stereocenters. The van der Waals surface area contributed by atoms with Gasteiger partial charge in [0.25, 0.3) is 0 Å². The van der Waals surface area contributed by atoms with Gasteiger partial charge in [-0.25, -0.2) is 4.39 Å². The van der Waals surface area contributed by atoms with Crippen LogP contribution in [0.4, 0.5) is 4.39 Å². The Hall–Kier alpha value is -1.68. The smallest absolute Gasteiger partial charge is 0.222 e. The Bertz CT molecular complexity index is 667. The lowest BCUT2D eigenvalue weighted by atomic mass is 10.1. The van der Waals surface area contributed by atoms with Gasteiger partial charge in [0, 0.05) is 24.9 Å². The van der Waals surface area contributed by atoms with E-state index in [0.717, 1.165) is 28.8 Å². The number of unbranched alkanes of at least 4 members (excludes halogenated alkanes) is 5. The van der Waals surface area contributed by atoms with Crippen LogP contribution in [0.3, 0.4) is 0 Å². The van der Waals surface area contributed by atoms with E-state index in [2.05, 4.69) is 12.3 Å². The fraction of sp³-hybridized carbons (Fsp3) is 0.476. The number of benzene rings is 1. The maximum Gasteiger partial charge on any atom is 0.222 e. The number of thiophene rings is 1. The van der Waals surface area contributed by atoms with E-state index in [4.69, 9.17) is 0 Å². The van der Waals surface area contributed by atoms with Crippen LogP contribution in [0.15, 0.2) is 35.7 Å². The second kappa shape index (κ2) is 10.3. The topological polar surface area (TPSA) is 20.3 Å². The standard InChI is InChI=1S/C21H28FNOS/c1-3-4-5-6-7-8-12-21(24)23(2)15-17-13-20(25-16-17)18-10-9-11-19(22)14-18/h9-11,13-14,16H,3-8,12,15H2,1-2H3. The lowest BCUT2D eigenvalue weighted by Crippen LogP contribution is -2.25. The van der Waals surface area contributed by atoms with Crippen molar-refractivity contribution in [3.8, 4) is 10.4 Å². The summed E-state index contributed by atoms with van der Waals surface area (Å²) < 4.78 is 13.3. The summed E-state index contributed by atoms with van der Waals surface area (Å²) in [6, 6.07) is 8.68. The molecule has 0 unspecified atom stereocenters. The van der Waals surface area contributed by atoms with Gasteiger partial charge in [0.2, 0.25) is 5.91 Å². The molecule has 0 bridgehead atoms. The fourth-order valence-electron chi connectivity index (χ4n) is 2.86. The van der Waals surface area contributed by atoms with Gasteiger partial charge in [-0.1, -0.05) is 51.2 Å². The fourth-order valence-corrected chi connectivity index (χ4v) is 3.76. The van der Waals surface area contributed by atoms with Crippen molar-refractivity contribution in [3.63, 3.8) is 0 Å². The van der Waals surface area contributed by atoms with E-state index < -0.39 is 0 Å². The minimum atomic E-state index is -0.223. The van der Waals surface area contributed by atoms with Gasteiger partial charge in [-0.15, -0.1) is 11.3 Å². The minimum Gasteiger partial charge on any atom is -0.341 e. The molecule has 0 saturated carbocycles. The molecule has 2 aromatic rings. The van der Waals surface area contributed by atoms with Crippen LogP contribution in [0.1, 0.15) is 57.4 Å². The highest BCUT2D eigenvalue weighted by Crippen LogP contribution is 2.28. The van der Waals surface area contributed by atoms with Gasteiger partial charge in [-0.05, 0) is 41.1 Å². The van der Waals surface area contributed by atoms with Crippen molar-refractivity contribution < 1.29 is 9.18 Å². The lowest BCUT2D eigenvalue weighted by molar-refractivity contribution is -0.130. The molecule has 1 aromatic heterocycles. The van der Waals surface area contributed by atoms with Crippen molar-refractivity contribution in [2.45, 2.75) is 58.4 Å². The number of carbonyl (C=O) groups excluding carboxylic acids is 1. The molecule has 0 fully saturated rings. The summed E-state index contributed by atoms with van der Waals surface area (Å²) in [6.07, 6.45) is 7.79. The molecule has 0 aliphatic carbocycles. The first-order valence-electron chi connectivity index (χ1n) is 9.17. The molecule has 0 radical (unpaired) electrons. The Labute approximate surface area is 154 Å². The first-order valence-corrected chi connectivity index (χ1v) is 10.1. The zero-order valence-corrected chi connectivity index (χ0v) is 16.1. The predicted octanol–water partition coefficient (Wildman–Crippen LogP) is 6.26. The van der Waals surface area contributed by atoms with Crippen molar-refractivity contribution in [2.75, 3.05) is 7.05 Å². The first-order chi connectivity index (χ1) is 12.1. The van der Waals surface area contributed by atoms with Gasteiger partial charge < -0.3 is 4.90 Å². The van der Waals surface area contributed by atoms with E-state index in [-0.39, 0.29) is 11.7 Å². The summed E-state index contributed by atoms with van der Waals surface area (Å²) in [4.78, 5) is 15.1. The molecular formula is C21H28FNOS. The Kier molecular flexibility index (Phi) is 8.13. The van der Waals surface area contributed by atoms with Gasteiger partial charge in [0.1, 0.15) is 5.82 Å². The molecule has 1 amide bonds. The third-order valence-electron chi connectivity index (χ3n) is 4.35. The van der Waals surface area contributed by atoms with E-state index in [1.807, 2.05) is 19.2 Å². The molecule has 2 rings (SSSR count). The summed E-state index contributed by atoms with van der Waals surface area (Å²) in [5.74, 6) is -0.0207. The lowest BCUT2D eigenvalue weighted by Gasteiger charge is -2.16. The van der Waals surface area contributed by atoms with Crippen molar-refractivity contribution in [3.05, 3.63) is 47.1 Å². The van der Waals surface area contributed by atoms with Crippen LogP contribution < -0.4 is 0 Å². The molecule has 0 aliphatic heterocycles. The number of hydrogen-bond donors (Lipinski definition) is 0. The molecule has 2 nitrogen and oxygen atoms in total. The van der Waals surface area contributed by atoms with E-state index in [1.54, 1.807) is 28.4 Å². The second-order valence-electron chi connectivity index (χ2n) is 6.60. The summed E-state index contributed by atoms with van der Waals surface area (Å²) in [7, 11) is 1.86.